The average molecular weight is 299 g/mol. The monoisotopic (exact) mass is 299 g/mol. The first-order chi connectivity index (χ1) is 9.56. The molecule has 1 fully saturated rings. The SMILES string of the molecule is CC(C)(C)CCCCOc1nsnc1N1CCOCC1. The van der Waals surface area contributed by atoms with Crippen LogP contribution in [0.15, 0.2) is 0 Å². The molecule has 0 bridgehead atoms. The van der Waals surface area contributed by atoms with Crippen LogP contribution in [-0.4, -0.2) is 41.7 Å². The molecule has 5 nitrogen and oxygen atoms in total. The lowest BCUT2D eigenvalue weighted by atomic mass is 9.90. The minimum absolute atomic E-state index is 0.404. The molecule has 2 rings (SSSR count). The van der Waals surface area contributed by atoms with Gasteiger partial charge in [-0.15, -0.1) is 4.37 Å². The van der Waals surface area contributed by atoms with E-state index in [1.165, 1.54) is 24.6 Å². The van der Waals surface area contributed by atoms with Gasteiger partial charge in [-0.1, -0.05) is 20.8 Å². The summed E-state index contributed by atoms with van der Waals surface area (Å²) in [6.45, 7) is 10.8. The van der Waals surface area contributed by atoms with Crippen LogP contribution in [0.25, 0.3) is 0 Å². The number of aromatic nitrogens is 2. The summed E-state index contributed by atoms with van der Waals surface area (Å²) < 4.78 is 19.8. The van der Waals surface area contributed by atoms with E-state index in [0.29, 0.717) is 11.3 Å². The Labute approximate surface area is 125 Å². The van der Waals surface area contributed by atoms with Gasteiger partial charge in [0.1, 0.15) is 0 Å². The number of unbranched alkanes of at least 4 members (excludes halogenated alkanes) is 1. The molecule has 0 amide bonds. The van der Waals surface area contributed by atoms with Gasteiger partial charge >= 0.3 is 0 Å². The van der Waals surface area contributed by atoms with Crippen LogP contribution in [0.1, 0.15) is 40.0 Å². The standard InChI is InChI=1S/C14H25N3O2S/c1-14(2,3)6-4-5-9-19-13-12(15-20-16-13)17-7-10-18-11-8-17/h4-11H2,1-3H3. The Balaban J connectivity index is 1.74. The number of ether oxygens (including phenoxy) is 2. The van der Waals surface area contributed by atoms with Crippen LogP contribution < -0.4 is 9.64 Å². The van der Waals surface area contributed by atoms with E-state index in [1.807, 2.05) is 0 Å². The molecule has 0 aromatic carbocycles. The summed E-state index contributed by atoms with van der Waals surface area (Å²) in [4.78, 5) is 2.19. The second kappa shape index (κ2) is 7.22. The van der Waals surface area contributed by atoms with Crippen LogP contribution in [0.3, 0.4) is 0 Å². The van der Waals surface area contributed by atoms with E-state index < -0.39 is 0 Å². The Morgan fingerprint density at radius 2 is 1.95 bits per heavy atom. The van der Waals surface area contributed by atoms with Crippen LogP contribution >= 0.6 is 11.7 Å². The summed E-state index contributed by atoms with van der Waals surface area (Å²) in [5.41, 5.74) is 0.404. The third-order valence-electron chi connectivity index (χ3n) is 3.31. The van der Waals surface area contributed by atoms with Gasteiger partial charge in [-0.3, -0.25) is 0 Å². The fraction of sp³-hybridized carbons (Fsp3) is 0.857. The van der Waals surface area contributed by atoms with E-state index >= 15 is 0 Å². The topological polar surface area (TPSA) is 47.5 Å². The second-order valence-corrected chi connectivity index (χ2v) is 6.89. The molecule has 0 N–H and O–H groups in total. The Kier molecular flexibility index (Phi) is 5.60. The highest BCUT2D eigenvalue weighted by Crippen LogP contribution is 2.27. The predicted octanol–water partition coefficient (Wildman–Crippen LogP) is 2.97. The fourth-order valence-electron chi connectivity index (χ4n) is 2.16. The quantitative estimate of drug-likeness (QED) is 0.756. The lowest BCUT2D eigenvalue weighted by molar-refractivity contribution is 0.122. The summed E-state index contributed by atoms with van der Waals surface area (Å²) in [6, 6.07) is 0. The largest absolute Gasteiger partial charge is 0.474 e. The maximum absolute atomic E-state index is 5.80. The van der Waals surface area contributed by atoms with Gasteiger partial charge in [-0.05, 0) is 24.7 Å². The van der Waals surface area contributed by atoms with Crippen LogP contribution in [0.5, 0.6) is 5.88 Å². The van der Waals surface area contributed by atoms with Gasteiger partial charge in [-0.2, -0.15) is 4.37 Å². The van der Waals surface area contributed by atoms with Gasteiger partial charge in [0, 0.05) is 13.1 Å². The highest BCUT2D eigenvalue weighted by molar-refractivity contribution is 6.99. The highest BCUT2D eigenvalue weighted by Gasteiger charge is 2.19. The fourth-order valence-corrected chi connectivity index (χ4v) is 2.68. The maximum Gasteiger partial charge on any atom is 0.270 e. The molecule has 1 aromatic heterocycles. The molecule has 6 heteroatoms. The Morgan fingerprint density at radius 1 is 1.20 bits per heavy atom. The molecule has 1 saturated heterocycles. The minimum atomic E-state index is 0.404. The van der Waals surface area contributed by atoms with Crippen molar-refractivity contribution in [3.8, 4) is 5.88 Å². The van der Waals surface area contributed by atoms with Gasteiger partial charge in [0.25, 0.3) is 5.88 Å². The maximum atomic E-state index is 5.80. The van der Waals surface area contributed by atoms with E-state index in [-0.39, 0.29) is 0 Å². The molecular formula is C14H25N3O2S. The molecule has 0 saturated carbocycles. The van der Waals surface area contributed by atoms with Crippen molar-refractivity contribution in [3.63, 3.8) is 0 Å². The number of hydrogen-bond acceptors (Lipinski definition) is 6. The smallest absolute Gasteiger partial charge is 0.270 e. The van der Waals surface area contributed by atoms with Crippen LogP contribution in [-0.2, 0) is 4.74 Å². The first-order valence-electron chi connectivity index (χ1n) is 7.34. The van der Waals surface area contributed by atoms with Gasteiger partial charge in [0.2, 0.25) is 5.82 Å². The molecule has 0 aliphatic carbocycles. The summed E-state index contributed by atoms with van der Waals surface area (Å²) in [5, 5.41) is 0. The van der Waals surface area contributed by atoms with Crippen molar-refractivity contribution in [1.29, 1.82) is 0 Å². The number of nitrogens with zero attached hydrogens (tertiary/aromatic N) is 3. The summed E-state index contributed by atoms with van der Waals surface area (Å²) >= 11 is 1.22. The summed E-state index contributed by atoms with van der Waals surface area (Å²) in [6.07, 6.45) is 3.48. The number of anilines is 1. The van der Waals surface area contributed by atoms with Crippen molar-refractivity contribution in [3.05, 3.63) is 0 Å². The second-order valence-electron chi connectivity index (χ2n) is 6.36. The van der Waals surface area contributed by atoms with Gasteiger partial charge < -0.3 is 14.4 Å². The van der Waals surface area contributed by atoms with Crippen molar-refractivity contribution in [2.75, 3.05) is 37.8 Å². The predicted molar refractivity (Wildman–Crippen MR) is 81.7 cm³/mol. The van der Waals surface area contributed by atoms with Crippen molar-refractivity contribution < 1.29 is 9.47 Å². The number of rotatable bonds is 6. The Hall–Kier alpha value is -0.880. The first-order valence-corrected chi connectivity index (χ1v) is 8.07. The van der Waals surface area contributed by atoms with Gasteiger partial charge in [0.15, 0.2) is 0 Å². The zero-order valence-corrected chi connectivity index (χ0v) is 13.5. The minimum Gasteiger partial charge on any atom is -0.474 e. The summed E-state index contributed by atoms with van der Waals surface area (Å²) in [5.74, 6) is 1.57. The highest BCUT2D eigenvalue weighted by atomic mass is 32.1. The summed E-state index contributed by atoms with van der Waals surface area (Å²) in [7, 11) is 0. The molecular weight excluding hydrogens is 274 g/mol. The lowest BCUT2D eigenvalue weighted by Crippen LogP contribution is -2.36. The first kappa shape index (κ1) is 15.5. The third kappa shape index (κ3) is 4.90. The Bertz CT molecular complexity index is 397. The molecule has 0 radical (unpaired) electrons. The van der Waals surface area contributed by atoms with Crippen LogP contribution in [0, 0.1) is 5.41 Å². The number of morpholine rings is 1. The van der Waals surface area contributed by atoms with E-state index in [9.17, 15) is 0 Å². The van der Waals surface area contributed by atoms with Crippen LogP contribution in [0.2, 0.25) is 0 Å². The third-order valence-corrected chi connectivity index (χ3v) is 3.81. The zero-order valence-electron chi connectivity index (χ0n) is 12.7. The van der Waals surface area contributed by atoms with E-state index in [4.69, 9.17) is 9.47 Å². The normalized spacial score (nSPS) is 16.4. The molecule has 114 valence electrons. The van der Waals surface area contributed by atoms with Crippen molar-refractivity contribution in [2.45, 2.75) is 40.0 Å². The molecule has 2 heterocycles. The molecule has 0 spiro atoms. The van der Waals surface area contributed by atoms with E-state index in [0.717, 1.165) is 45.1 Å². The lowest BCUT2D eigenvalue weighted by Gasteiger charge is -2.26. The number of hydrogen-bond donors (Lipinski definition) is 0. The molecule has 20 heavy (non-hydrogen) atoms. The van der Waals surface area contributed by atoms with Crippen molar-refractivity contribution in [2.24, 2.45) is 5.41 Å². The van der Waals surface area contributed by atoms with Crippen molar-refractivity contribution in [1.82, 2.24) is 8.75 Å². The van der Waals surface area contributed by atoms with Crippen LogP contribution in [0.4, 0.5) is 5.82 Å². The molecule has 0 unspecified atom stereocenters. The van der Waals surface area contributed by atoms with Gasteiger partial charge in [-0.25, -0.2) is 0 Å². The zero-order chi connectivity index (χ0) is 14.4. The molecule has 1 aliphatic heterocycles. The van der Waals surface area contributed by atoms with Gasteiger partial charge in [0.05, 0.1) is 31.5 Å². The average Bonchev–Trinajstić information content (AvgIpc) is 2.86. The molecule has 1 aromatic rings. The van der Waals surface area contributed by atoms with E-state index in [2.05, 4.69) is 34.4 Å². The molecule has 1 aliphatic rings. The molecule has 0 atom stereocenters. The Morgan fingerprint density at radius 3 is 2.65 bits per heavy atom. The van der Waals surface area contributed by atoms with Crippen molar-refractivity contribution >= 4 is 17.5 Å². The van der Waals surface area contributed by atoms with E-state index in [1.54, 1.807) is 0 Å².